The maximum atomic E-state index is 13.6. The number of aliphatic hydroxyl groups excluding tert-OH is 1. The SMILES string of the molecule is OC(CNCc1ccccc1)c1c(F)cccc1Cl. The lowest BCUT2D eigenvalue weighted by molar-refractivity contribution is 0.170. The third kappa shape index (κ3) is 3.77. The fourth-order valence-corrected chi connectivity index (χ4v) is 2.17. The normalized spacial score (nSPS) is 12.4. The highest BCUT2D eigenvalue weighted by molar-refractivity contribution is 6.31. The van der Waals surface area contributed by atoms with E-state index >= 15 is 0 Å². The standard InChI is InChI=1S/C15H15ClFNO/c16-12-7-4-8-13(17)15(12)14(19)10-18-9-11-5-2-1-3-6-11/h1-8,14,18-19H,9-10H2. The molecule has 1 unspecified atom stereocenters. The molecule has 0 bridgehead atoms. The quantitative estimate of drug-likeness (QED) is 0.880. The van der Waals surface area contributed by atoms with Gasteiger partial charge in [-0.25, -0.2) is 4.39 Å². The zero-order valence-corrected chi connectivity index (χ0v) is 11.1. The summed E-state index contributed by atoms with van der Waals surface area (Å²) in [5.74, 6) is -0.485. The molecule has 0 saturated carbocycles. The molecule has 0 fully saturated rings. The number of aliphatic hydroxyl groups is 1. The van der Waals surface area contributed by atoms with Gasteiger partial charge in [-0.1, -0.05) is 48.0 Å². The third-order valence-corrected chi connectivity index (χ3v) is 3.17. The van der Waals surface area contributed by atoms with Crippen molar-refractivity contribution in [3.63, 3.8) is 0 Å². The minimum Gasteiger partial charge on any atom is -0.387 e. The van der Waals surface area contributed by atoms with Gasteiger partial charge in [-0.15, -0.1) is 0 Å². The first kappa shape index (κ1) is 14.0. The zero-order chi connectivity index (χ0) is 13.7. The van der Waals surface area contributed by atoms with Crippen LogP contribution in [-0.2, 0) is 6.54 Å². The molecule has 1 atom stereocenters. The van der Waals surface area contributed by atoms with Gasteiger partial charge in [0.2, 0.25) is 0 Å². The first-order valence-corrected chi connectivity index (χ1v) is 6.43. The van der Waals surface area contributed by atoms with Crippen LogP contribution in [0, 0.1) is 5.82 Å². The molecule has 0 saturated heterocycles. The molecule has 0 spiro atoms. The van der Waals surface area contributed by atoms with Crippen LogP contribution in [0.15, 0.2) is 48.5 Å². The molecule has 0 aromatic heterocycles. The fourth-order valence-electron chi connectivity index (χ4n) is 1.88. The zero-order valence-electron chi connectivity index (χ0n) is 10.3. The molecule has 2 nitrogen and oxygen atoms in total. The Morgan fingerprint density at radius 3 is 2.53 bits per heavy atom. The topological polar surface area (TPSA) is 32.3 Å². The van der Waals surface area contributed by atoms with Crippen LogP contribution >= 0.6 is 11.6 Å². The molecular formula is C15H15ClFNO. The van der Waals surface area contributed by atoms with Gasteiger partial charge in [-0.2, -0.15) is 0 Å². The van der Waals surface area contributed by atoms with Crippen molar-refractivity contribution in [2.24, 2.45) is 0 Å². The molecular weight excluding hydrogens is 265 g/mol. The molecule has 2 aromatic carbocycles. The van der Waals surface area contributed by atoms with E-state index in [1.54, 1.807) is 6.07 Å². The Morgan fingerprint density at radius 1 is 1.11 bits per heavy atom. The summed E-state index contributed by atoms with van der Waals surface area (Å²) in [4.78, 5) is 0. The predicted octanol–water partition coefficient (Wildman–Crippen LogP) is 3.30. The summed E-state index contributed by atoms with van der Waals surface area (Å²) in [6, 6.07) is 14.2. The van der Waals surface area contributed by atoms with Gasteiger partial charge >= 0.3 is 0 Å². The Balaban J connectivity index is 1.93. The van der Waals surface area contributed by atoms with Crippen molar-refractivity contribution in [3.05, 3.63) is 70.5 Å². The molecule has 4 heteroatoms. The van der Waals surface area contributed by atoms with Gasteiger partial charge in [0.05, 0.1) is 6.10 Å². The van der Waals surface area contributed by atoms with E-state index in [-0.39, 0.29) is 17.1 Å². The Morgan fingerprint density at radius 2 is 1.84 bits per heavy atom. The highest BCUT2D eigenvalue weighted by Gasteiger charge is 2.15. The van der Waals surface area contributed by atoms with Crippen LogP contribution in [0.1, 0.15) is 17.2 Å². The number of hydrogen-bond donors (Lipinski definition) is 2. The highest BCUT2D eigenvalue weighted by Crippen LogP contribution is 2.25. The second-order valence-electron chi connectivity index (χ2n) is 4.27. The minimum absolute atomic E-state index is 0.143. The number of hydrogen-bond acceptors (Lipinski definition) is 2. The highest BCUT2D eigenvalue weighted by atomic mass is 35.5. The summed E-state index contributed by atoms with van der Waals surface area (Å²) in [5.41, 5.74) is 1.25. The molecule has 2 N–H and O–H groups in total. The van der Waals surface area contributed by atoms with Crippen LogP contribution in [0.25, 0.3) is 0 Å². The van der Waals surface area contributed by atoms with Crippen LogP contribution in [0.2, 0.25) is 5.02 Å². The van der Waals surface area contributed by atoms with E-state index < -0.39 is 11.9 Å². The van der Waals surface area contributed by atoms with E-state index in [1.807, 2.05) is 30.3 Å². The summed E-state index contributed by atoms with van der Waals surface area (Å²) >= 11 is 5.89. The summed E-state index contributed by atoms with van der Waals surface area (Å²) in [5, 5.41) is 13.3. The molecule has 0 aliphatic heterocycles. The van der Waals surface area contributed by atoms with Gasteiger partial charge in [0.1, 0.15) is 5.82 Å². The molecule has 0 radical (unpaired) electrons. The van der Waals surface area contributed by atoms with Gasteiger partial charge in [0.25, 0.3) is 0 Å². The molecule has 0 heterocycles. The average Bonchev–Trinajstić information content (AvgIpc) is 2.40. The van der Waals surface area contributed by atoms with E-state index in [0.717, 1.165) is 5.56 Å². The molecule has 0 aliphatic carbocycles. The lowest BCUT2D eigenvalue weighted by Crippen LogP contribution is -2.22. The summed E-state index contributed by atoms with van der Waals surface area (Å²) in [7, 11) is 0. The monoisotopic (exact) mass is 279 g/mol. The molecule has 2 rings (SSSR count). The second-order valence-corrected chi connectivity index (χ2v) is 4.67. The van der Waals surface area contributed by atoms with Gasteiger partial charge in [-0.3, -0.25) is 0 Å². The Hall–Kier alpha value is -1.42. The van der Waals surface area contributed by atoms with Crippen molar-refractivity contribution in [3.8, 4) is 0 Å². The maximum Gasteiger partial charge on any atom is 0.130 e. The van der Waals surface area contributed by atoms with Gasteiger partial charge in [0.15, 0.2) is 0 Å². The van der Waals surface area contributed by atoms with Crippen LogP contribution in [0.3, 0.4) is 0 Å². The van der Waals surface area contributed by atoms with Gasteiger partial charge in [-0.05, 0) is 17.7 Å². The summed E-state index contributed by atoms with van der Waals surface area (Å²) in [6.45, 7) is 0.861. The van der Waals surface area contributed by atoms with E-state index in [4.69, 9.17) is 11.6 Å². The maximum absolute atomic E-state index is 13.6. The molecule has 0 aliphatic rings. The van der Waals surface area contributed by atoms with Crippen LogP contribution in [-0.4, -0.2) is 11.7 Å². The lowest BCUT2D eigenvalue weighted by atomic mass is 10.1. The van der Waals surface area contributed by atoms with Gasteiger partial charge < -0.3 is 10.4 Å². The van der Waals surface area contributed by atoms with Crippen molar-refractivity contribution in [2.45, 2.75) is 12.6 Å². The average molecular weight is 280 g/mol. The molecule has 0 amide bonds. The van der Waals surface area contributed by atoms with E-state index in [9.17, 15) is 9.50 Å². The number of rotatable bonds is 5. The second kappa shape index (κ2) is 6.66. The van der Waals surface area contributed by atoms with Crippen LogP contribution in [0.5, 0.6) is 0 Å². The largest absolute Gasteiger partial charge is 0.387 e. The molecule has 19 heavy (non-hydrogen) atoms. The van der Waals surface area contributed by atoms with Crippen molar-refractivity contribution >= 4 is 11.6 Å². The number of benzene rings is 2. The van der Waals surface area contributed by atoms with Crippen molar-refractivity contribution in [1.29, 1.82) is 0 Å². The van der Waals surface area contributed by atoms with Crippen LogP contribution in [0.4, 0.5) is 4.39 Å². The minimum atomic E-state index is -0.961. The molecule has 2 aromatic rings. The smallest absolute Gasteiger partial charge is 0.130 e. The van der Waals surface area contributed by atoms with E-state index in [0.29, 0.717) is 6.54 Å². The first-order chi connectivity index (χ1) is 9.18. The summed E-state index contributed by atoms with van der Waals surface area (Å²) in [6.07, 6.45) is -0.961. The van der Waals surface area contributed by atoms with Crippen LogP contribution < -0.4 is 5.32 Å². The molecule has 100 valence electrons. The van der Waals surface area contributed by atoms with E-state index in [2.05, 4.69) is 5.32 Å². The Bertz CT molecular complexity index is 513. The van der Waals surface area contributed by atoms with E-state index in [1.165, 1.54) is 12.1 Å². The van der Waals surface area contributed by atoms with Crippen molar-refractivity contribution < 1.29 is 9.50 Å². The fraction of sp³-hybridized carbons (Fsp3) is 0.200. The lowest BCUT2D eigenvalue weighted by Gasteiger charge is -2.14. The van der Waals surface area contributed by atoms with Crippen molar-refractivity contribution in [1.82, 2.24) is 5.32 Å². The predicted molar refractivity (Wildman–Crippen MR) is 74.5 cm³/mol. The number of halogens is 2. The summed E-state index contributed by atoms with van der Waals surface area (Å²) < 4.78 is 13.6. The van der Waals surface area contributed by atoms with Crippen molar-refractivity contribution in [2.75, 3.05) is 6.54 Å². The Labute approximate surface area is 116 Å². The van der Waals surface area contributed by atoms with Gasteiger partial charge in [0, 0.05) is 23.7 Å². The first-order valence-electron chi connectivity index (χ1n) is 6.05. The third-order valence-electron chi connectivity index (χ3n) is 2.84. The Kier molecular flexibility index (Phi) is 4.91. The number of nitrogens with one attached hydrogen (secondary N) is 1.